The van der Waals surface area contributed by atoms with E-state index in [1.807, 2.05) is 0 Å². The highest BCUT2D eigenvalue weighted by molar-refractivity contribution is 7.92. The first-order valence-corrected chi connectivity index (χ1v) is 9.95. The number of ether oxygens (including phenoxy) is 2. The standard InChI is InChI=1S/C19H13F4N3O4S/c1-11-15(2-5-18-26-25-10-29-18)17(31(27,28)19(21,22)23)4-3-16(11)30-14-7-12(9-24)6-13(20)8-14/h2-8,10,18,26H,1H3/b5-2+. The van der Waals surface area contributed by atoms with Crippen LogP contribution >= 0.6 is 0 Å². The summed E-state index contributed by atoms with van der Waals surface area (Å²) >= 11 is 0. The van der Waals surface area contributed by atoms with Crippen LogP contribution < -0.4 is 10.2 Å². The van der Waals surface area contributed by atoms with Crippen molar-refractivity contribution >= 4 is 22.3 Å². The van der Waals surface area contributed by atoms with E-state index in [9.17, 15) is 26.0 Å². The van der Waals surface area contributed by atoms with Crippen molar-refractivity contribution in [3.05, 3.63) is 58.9 Å². The summed E-state index contributed by atoms with van der Waals surface area (Å²) in [5.41, 5.74) is -3.34. The van der Waals surface area contributed by atoms with E-state index in [4.69, 9.17) is 14.7 Å². The minimum atomic E-state index is -5.68. The topological polar surface area (TPSA) is 101 Å². The van der Waals surface area contributed by atoms with Crippen LogP contribution in [0.5, 0.6) is 11.5 Å². The molecule has 0 aliphatic carbocycles. The van der Waals surface area contributed by atoms with Gasteiger partial charge in [0.1, 0.15) is 17.3 Å². The van der Waals surface area contributed by atoms with E-state index in [0.29, 0.717) is 0 Å². The molecule has 0 aromatic heterocycles. The molecule has 2 aromatic rings. The monoisotopic (exact) mass is 455 g/mol. The zero-order valence-electron chi connectivity index (χ0n) is 15.6. The first kappa shape index (κ1) is 22.1. The van der Waals surface area contributed by atoms with Crippen LogP contribution in [0.3, 0.4) is 0 Å². The first-order valence-electron chi connectivity index (χ1n) is 8.47. The van der Waals surface area contributed by atoms with Gasteiger partial charge in [-0.15, -0.1) is 5.10 Å². The molecule has 2 aromatic carbocycles. The number of benzene rings is 2. The fraction of sp³-hybridized carbons (Fsp3) is 0.158. The Kier molecular flexibility index (Phi) is 5.90. The van der Waals surface area contributed by atoms with E-state index in [-0.39, 0.29) is 28.2 Å². The van der Waals surface area contributed by atoms with Crippen LogP contribution in [0.1, 0.15) is 16.7 Å². The van der Waals surface area contributed by atoms with E-state index in [2.05, 4.69) is 10.5 Å². The van der Waals surface area contributed by atoms with Gasteiger partial charge in [-0.1, -0.05) is 6.08 Å². The largest absolute Gasteiger partial charge is 0.501 e. The summed E-state index contributed by atoms with van der Waals surface area (Å²) in [5.74, 6) is -0.880. The van der Waals surface area contributed by atoms with Crippen molar-refractivity contribution in [1.29, 1.82) is 5.26 Å². The van der Waals surface area contributed by atoms with E-state index in [1.54, 1.807) is 6.07 Å². The molecule has 31 heavy (non-hydrogen) atoms. The fourth-order valence-electron chi connectivity index (χ4n) is 2.68. The molecule has 0 saturated carbocycles. The lowest BCUT2D eigenvalue weighted by Crippen LogP contribution is -2.24. The van der Waals surface area contributed by atoms with Gasteiger partial charge in [-0.05, 0) is 42.8 Å². The number of hydrogen-bond donors (Lipinski definition) is 1. The summed E-state index contributed by atoms with van der Waals surface area (Å²) < 4.78 is 87.8. The van der Waals surface area contributed by atoms with Gasteiger partial charge in [0.05, 0.1) is 16.5 Å². The molecule has 0 bridgehead atoms. The predicted molar refractivity (Wildman–Crippen MR) is 101 cm³/mol. The summed E-state index contributed by atoms with van der Waals surface area (Å²) in [5, 5.41) is 12.5. The Labute approximate surface area is 174 Å². The molecule has 0 amide bonds. The minimum Gasteiger partial charge on any atom is -0.457 e. The van der Waals surface area contributed by atoms with Crippen molar-refractivity contribution in [3.8, 4) is 17.6 Å². The molecule has 0 saturated heterocycles. The zero-order valence-corrected chi connectivity index (χ0v) is 16.5. The number of sulfone groups is 1. The lowest BCUT2D eigenvalue weighted by Gasteiger charge is -2.16. The Bertz CT molecular complexity index is 1210. The van der Waals surface area contributed by atoms with Gasteiger partial charge in [-0.3, -0.25) is 5.43 Å². The molecular formula is C19H13F4N3O4S. The van der Waals surface area contributed by atoms with Gasteiger partial charge in [0, 0.05) is 11.6 Å². The summed E-state index contributed by atoms with van der Waals surface area (Å²) in [6.07, 6.45) is 2.65. The van der Waals surface area contributed by atoms with E-state index in [0.717, 1.165) is 36.7 Å². The number of nitrogens with zero attached hydrogens (tertiary/aromatic N) is 2. The molecule has 0 spiro atoms. The Morgan fingerprint density at radius 1 is 1.29 bits per heavy atom. The smallest absolute Gasteiger partial charge is 0.457 e. The highest BCUT2D eigenvalue weighted by Gasteiger charge is 2.48. The minimum absolute atomic E-state index is 0.0308. The van der Waals surface area contributed by atoms with Crippen LogP contribution in [-0.2, 0) is 14.6 Å². The van der Waals surface area contributed by atoms with Crippen LogP contribution in [0.2, 0.25) is 0 Å². The van der Waals surface area contributed by atoms with Crippen molar-refractivity contribution in [2.75, 3.05) is 0 Å². The lowest BCUT2D eigenvalue weighted by atomic mass is 10.1. The van der Waals surface area contributed by atoms with E-state index < -0.39 is 32.3 Å². The number of nitriles is 1. The van der Waals surface area contributed by atoms with Crippen molar-refractivity contribution < 1.29 is 35.5 Å². The molecule has 1 atom stereocenters. The molecule has 3 rings (SSSR count). The maximum atomic E-state index is 13.7. The Morgan fingerprint density at radius 2 is 2.03 bits per heavy atom. The van der Waals surface area contributed by atoms with Crippen molar-refractivity contribution in [3.63, 3.8) is 0 Å². The Hall–Kier alpha value is -3.59. The summed E-state index contributed by atoms with van der Waals surface area (Å²) in [7, 11) is -5.68. The normalized spacial score (nSPS) is 16.1. The molecule has 1 N–H and O–H groups in total. The average Bonchev–Trinajstić information content (AvgIpc) is 3.20. The van der Waals surface area contributed by atoms with Gasteiger partial charge in [0.25, 0.3) is 9.84 Å². The van der Waals surface area contributed by atoms with Gasteiger partial charge in [-0.2, -0.15) is 18.4 Å². The third-order valence-corrected chi connectivity index (χ3v) is 5.69. The van der Waals surface area contributed by atoms with Gasteiger partial charge in [-0.25, -0.2) is 12.8 Å². The predicted octanol–water partition coefficient (Wildman–Crippen LogP) is 3.99. The summed E-state index contributed by atoms with van der Waals surface area (Å²) in [6, 6.07) is 6.70. The molecule has 162 valence electrons. The van der Waals surface area contributed by atoms with Crippen molar-refractivity contribution in [1.82, 2.24) is 5.43 Å². The molecule has 1 unspecified atom stereocenters. The van der Waals surface area contributed by atoms with Crippen LogP contribution in [0.25, 0.3) is 6.08 Å². The second-order valence-electron chi connectivity index (χ2n) is 6.22. The highest BCUT2D eigenvalue weighted by Crippen LogP contribution is 2.38. The molecule has 1 aliphatic rings. The molecule has 0 radical (unpaired) electrons. The second-order valence-corrected chi connectivity index (χ2v) is 8.13. The summed E-state index contributed by atoms with van der Waals surface area (Å²) in [6.45, 7) is 1.34. The van der Waals surface area contributed by atoms with E-state index in [1.165, 1.54) is 19.1 Å². The van der Waals surface area contributed by atoms with Crippen molar-refractivity contribution in [2.45, 2.75) is 23.6 Å². The number of rotatable bonds is 5. The molecule has 1 heterocycles. The summed E-state index contributed by atoms with van der Waals surface area (Å²) in [4.78, 5) is -0.989. The average molecular weight is 455 g/mol. The second kappa shape index (κ2) is 8.27. The third-order valence-electron chi connectivity index (χ3n) is 4.15. The molecule has 12 heteroatoms. The molecule has 0 fully saturated rings. The van der Waals surface area contributed by atoms with Gasteiger partial charge in [0.2, 0.25) is 6.23 Å². The number of halogens is 4. The number of nitrogens with one attached hydrogen (secondary N) is 1. The Balaban J connectivity index is 2.10. The van der Waals surface area contributed by atoms with Gasteiger partial charge < -0.3 is 9.47 Å². The maximum absolute atomic E-state index is 13.7. The Morgan fingerprint density at radius 3 is 2.65 bits per heavy atom. The van der Waals surface area contributed by atoms with E-state index >= 15 is 0 Å². The third kappa shape index (κ3) is 4.61. The molecular weight excluding hydrogens is 442 g/mol. The van der Waals surface area contributed by atoms with Gasteiger partial charge in [0.15, 0.2) is 6.40 Å². The maximum Gasteiger partial charge on any atom is 0.501 e. The van der Waals surface area contributed by atoms with Crippen LogP contribution in [-0.4, -0.2) is 26.6 Å². The van der Waals surface area contributed by atoms with Crippen LogP contribution in [0.15, 0.2) is 46.4 Å². The molecule has 7 nitrogen and oxygen atoms in total. The van der Waals surface area contributed by atoms with Crippen LogP contribution in [0.4, 0.5) is 17.6 Å². The number of alkyl halides is 3. The quantitative estimate of drug-likeness (QED) is 0.685. The molecule has 1 aliphatic heterocycles. The van der Waals surface area contributed by atoms with Crippen LogP contribution in [0, 0.1) is 24.1 Å². The van der Waals surface area contributed by atoms with Crippen molar-refractivity contribution in [2.24, 2.45) is 5.10 Å². The number of hydrogen-bond acceptors (Lipinski definition) is 7. The highest BCUT2D eigenvalue weighted by atomic mass is 32.2. The number of hydrazone groups is 1. The zero-order chi connectivity index (χ0) is 22.8. The SMILES string of the molecule is Cc1c(Oc2cc(F)cc(C#N)c2)ccc(S(=O)(=O)C(F)(F)F)c1/C=C/C1NN=CO1. The lowest BCUT2D eigenvalue weighted by molar-refractivity contribution is -0.0436. The fourth-order valence-corrected chi connectivity index (χ4v) is 3.68. The van der Waals surface area contributed by atoms with Gasteiger partial charge >= 0.3 is 5.51 Å². The first-order chi connectivity index (χ1) is 14.5.